The standard InChI is InChI=1S/C18H22N4O4S/c1-3-22(15-8-9-27(24,25)12-15)17(23)13-10-19-18(20-11-13)21-14-4-6-16(26-2)7-5-14/h4-7,10-11,15H,3,8-9,12H2,1-2H3,(H,19,20,21). The van der Waals surface area contributed by atoms with E-state index in [1.165, 1.54) is 12.4 Å². The minimum Gasteiger partial charge on any atom is -0.497 e. The summed E-state index contributed by atoms with van der Waals surface area (Å²) in [6.45, 7) is 2.27. The Morgan fingerprint density at radius 3 is 2.44 bits per heavy atom. The third-order valence-electron chi connectivity index (χ3n) is 4.50. The number of nitrogens with zero attached hydrogens (tertiary/aromatic N) is 3. The smallest absolute Gasteiger partial charge is 0.257 e. The molecule has 1 atom stereocenters. The molecule has 2 heterocycles. The Bertz CT molecular complexity index is 898. The highest BCUT2D eigenvalue weighted by atomic mass is 32.2. The van der Waals surface area contributed by atoms with E-state index in [0.717, 1.165) is 11.4 Å². The van der Waals surface area contributed by atoms with E-state index < -0.39 is 9.84 Å². The molecule has 2 aromatic rings. The van der Waals surface area contributed by atoms with Crippen LogP contribution in [0.1, 0.15) is 23.7 Å². The summed E-state index contributed by atoms with van der Waals surface area (Å²) >= 11 is 0. The predicted octanol–water partition coefficient (Wildman–Crippen LogP) is 1.88. The highest BCUT2D eigenvalue weighted by molar-refractivity contribution is 7.91. The van der Waals surface area contributed by atoms with Crippen LogP contribution in [0.5, 0.6) is 5.75 Å². The summed E-state index contributed by atoms with van der Waals surface area (Å²) in [6, 6.07) is 7.01. The number of sulfone groups is 1. The number of benzene rings is 1. The Labute approximate surface area is 158 Å². The molecule has 0 spiro atoms. The van der Waals surface area contributed by atoms with Crippen molar-refractivity contribution in [3.8, 4) is 5.75 Å². The van der Waals surface area contributed by atoms with Gasteiger partial charge in [-0.2, -0.15) is 0 Å². The Balaban J connectivity index is 1.69. The van der Waals surface area contributed by atoms with E-state index in [0.29, 0.717) is 24.5 Å². The van der Waals surface area contributed by atoms with Gasteiger partial charge < -0.3 is 15.0 Å². The highest BCUT2D eigenvalue weighted by Crippen LogP contribution is 2.20. The lowest BCUT2D eigenvalue weighted by molar-refractivity contribution is 0.0707. The van der Waals surface area contributed by atoms with Crippen molar-refractivity contribution in [2.45, 2.75) is 19.4 Å². The molecular formula is C18H22N4O4S. The number of nitrogens with one attached hydrogen (secondary N) is 1. The SMILES string of the molecule is CCN(C(=O)c1cnc(Nc2ccc(OC)cc2)nc1)C1CCS(=O)(=O)C1. The van der Waals surface area contributed by atoms with Gasteiger partial charge in [-0.1, -0.05) is 0 Å². The van der Waals surface area contributed by atoms with Crippen LogP contribution in [0.15, 0.2) is 36.7 Å². The number of anilines is 2. The molecule has 1 aliphatic rings. The first-order valence-corrected chi connectivity index (χ1v) is 10.5. The minimum absolute atomic E-state index is 0.0184. The first kappa shape index (κ1) is 19.1. The van der Waals surface area contributed by atoms with Crippen molar-refractivity contribution >= 4 is 27.4 Å². The molecule has 1 amide bonds. The lowest BCUT2D eigenvalue weighted by atomic mass is 10.2. The Kier molecular flexibility index (Phi) is 5.59. The summed E-state index contributed by atoms with van der Waals surface area (Å²) in [4.78, 5) is 22.7. The predicted molar refractivity (Wildman–Crippen MR) is 102 cm³/mol. The molecule has 27 heavy (non-hydrogen) atoms. The zero-order valence-corrected chi connectivity index (χ0v) is 16.1. The van der Waals surface area contributed by atoms with Gasteiger partial charge in [0.1, 0.15) is 5.75 Å². The Morgan fingerprint density at radius 2 is 1.93 bits per heavy atom. The van der Waals surface area contributed by atoms with E-state index in [4.69, 9.17) is 4.74 Å². The van der Waals surface area contributed by atoms with Crippen LogP contribution in [0.25, 0.3) is 0 Å². The monoisotopic (exact) mass is 390 g/mol. The topological polar surface area (TPSA) is 101 Å². The number of rotatable bonds is 6. The van der Waals surface area contributed by atoms with Crippen LogP contribution in [0.4, 0.5) is 11.6 Å². The molecule has 1 aromatic heterocycles. The van der Waals surface area contributed by atoms with Gasteiger partial charge in [-0.05, 0) is 37.6 Å². The molecule has 9 heteroatoms. The van der Waals surface area contributed by atoms with Crippen LogP contribution in [0.3, 0.4) is 0 Å². The van der Waals surface area contributed by atoms with E-state index in [9.17, 15) is 13.2 Å². The third-order valence-corrected chi connectivity index (χ3v) is 6.25. The second-order valence-electron chi connectivity index (χ2n) is 6.30. The van der Waals surface area contributed by atoms with Crippen LogP contribution in [0, 0.1) is 0 Å². The molecule has 0 radical (unpaired) electrons. The molecule has 0 aliphatic carbocycles. The van der Waals surface area contributed by atoms with E-state index >= 15 is 0 Å². The molecule has 144 valence electrons. The van der Waals surface area contributed by atoms with E-state index in [1.807, 2.05) is 31.2 Å². The summed E-state index contributed by atoms with van der Waals surface area (Å²) in [5, 5.41) is 3.05. The van der Waals surface area contributed by atoms with Crippen LogP contribution >= 0.6 is 0 Å². The fourth-order valence-corrected chi connectivity index (χ4v) is 4.79. The summed E-state index contributed by atoms with van der Waals surface area (Å²) in [6.07, 6.45) is 3.38. The quantitative estimate of drug-likeness (QED) is 0.803. The zero-order chi connectivity index (χ0) is 19.4. The maximum atomic E-state index is 12.7. The minimum atomic E-state index is -3.06. The van der Waals surface area contributed by atoms with Gasteiger partial charge in [0.15, 0.2) is 9.84 Å². The molecule has 3 rings (SSSR count). The summed E-state index contributed by atoms with van der Waals surface area (Å²) in [5.41, 5.74) is 1.13. The van der Waals surface area contributed by atoms with Gasteiger partial charge in [-0.3, -0.25) is 4.79 Å². The van der Waals surface area contributed by atoms with E-state index in [-0.39, 0.29) is 23.5 Å². The van der Waals surface area contributed by atoms with Crippen LogP contribution in [-0.4, -0.2) is 60.4 Å². The fraction of sp³-hybridized carbons (Fsp3) is 0.389. The lowest BCUT2D eigenvalue weighted by Crippen LogP contribution is -2.41. The molecule has 0 saturated carbocycles. The van der Waals surface area contributed by atoms with Crippen molar-refractivity contribution in [1.82, 2.24) is 14.9 Å². The Hall–Kier alpha value is -2.68. The van der Waals surface area contributed by atoms with Crippen LogP contribution < -0.4 is 10.1 Å². The first-order valence-electron chi connectivity index (χ1n) is 8.66. The van der Waals surface area contributed by atoms with Crippen LogP contribution in [-0.2, 0) is 9.84 Å². The van der Waals surface area contributed by atoms with Gasteiger partial charge in [0.25, 0.3) is 5.91 Å². The maximum absolute atomic E-state index is 12.7. The third kappa shape index (κ3) is 4.54. The molecule has 8 nitrogen and oxygen atoms in total. The molecule has 1 saturated heterocycles. The van der Waals surface area contributed by atoms with Crippen molar-refractivity contribution in [2.24, 2.45) is 0 Å². The first-order chi connectivity index (χ1) is 12.9. The highest BCUT2D eigenvalue weighted by Gasteiger charge is 2.34. The van der Waals surface area contributed by atoms with Gasteiger partial charge in [-0.15, -0.1) is 0 Å². The van der Waals surface area contributed by atoms with Gasteiger partial charge in [0.2, 0.25) is 5.95 Å². The normalized spacial score (nSPS) is 18.1. The molecule has 1 N–H and O–H groups in total. The maximum Gasteiger partial charge on any atom is 0.257 e. The molecule has 1 aliphatic heterocycles. The van der Waals surface area contributed by atoms with Gasteiger partial charge in [-0.25, -0.2) is 18.4 Å². The summed E-state index contributed by atoms with van der Waals surface area (Å²) < 4.78 is 28.5. The van der Waals surface area contributed by atoms with Crippen molar-refractivity contribution < 1.29 is 17.9 Å². The molecule has 1 aromatic carbocycles. The van der Waals surface area contributed by atoms with Gasteiger partial charge >= 0.3 is 0 Å². The van der Waals surface area contributed by atoms with Gasteiger partial charge in [0, 0.05) is 30.7 Å². The number of carbonyl (C=O) groups is 1. The second-order valence-corrected chi connectivity index (χ2v) is 8.53. The van der Waals surface area contributed by atoms with E-state index in [1.54, 1.807) is 12.0 Å². The number of hydrogen-bond donors (Lipinski definition) is 1. The fourth-order valence-electron chi connectivity index (χ4n) is 3.06. The second kappa shape index (κ2) is 7.91. The Morgan fingerprint density at radius 1 is 1.26 bits per heavy atom. The largest absolute Gasteiger partial charge is 0.497 e. The van der Waals surface area contributed by atoms with Crippen molar-refractivity contribution in [3.63, 3.8) is 0 Å². The van der Waals surface area contributed by atoms with Crippen molar-refractivity contribution in [1.29, 1.82) is 0 Å². The van der Waals surface area contributed by atoms with Crippen LogP contribution in [0.2, 0.25) is 0 Å². The molecule has 0 bridgehead atoms. The molecule has 1 unspecified atom stereocenters. The number of aromatic nitrogens is 2. The summed E-state index contributed by atoms with van der Waals surface area (Å²) in [7, 11) is -1.46. The molecular weight excluding hydrogens is 368 g/mol. The average molecular weight is 390 g/mol. The summed E-state index contributed by atoms with van der Waals surface area (Å²) in [5.74, 6) is 1.00. The van der Waals surface area contributed by atoms with Crippen molar-refractivity contribution in [3.05, 3.63) is 42.2 Å². The number of hydrogen-bond acceptors (Lipinski definition) is 7. The number of ether oxygens (including phenoxy) is 1. The van der Waals surface area contributed by atoms with E-state index in [2.05, 4.69) is 15.3 Å². The lowest BCUT2D eigenvalue weighted by Gasteiger charge is -2.26. The zero-order valence-electron chi connectivity index (χ0n) is 15.3. The van der Waals surface area contributed by atoms with Gasteiger partial charge in [0.05, 0.1) is 24.2 Å². The average Bonchev–Trinajstić information content (AvgIpc) is 3.03. The number of amides is 1. The van der Waals surface area contributed by atoms with Crippen molar-refractivity contribution in [2.75, 3.05) is 30.5 Å². The number of methoxy groups -OCH3 is 1. The number of carbonyl (C=O) groups excluding carboxylic acids is 1. The molecule has 1 fully saturated rings.